The molecule has 0 atom stereocenters. The van der Waals surface area contributed by atoms with E-state index in [1.165, 1.54) is 0 Å². The molecule has 3 aromatic rings. The predicted molar refractivity (Wildman–Crippen MR) is 130 cm³/mol. The Morgan fingerprint density at radius 2 is 1.42 bits per heavy atom. The molecule has 6 nitrogen and oxygen atoms in total. The van der Waals surface area contributed by atoms with Gasteiger partial charge in [-0.1, -0.05) is 36.4 Å². The van der Waals surface area contributed by atoms with E-state index in [2.05, 4.69) is 10.2 Å². The van der Waals surface area contributed by atoms with Crippen molar-refractivity contribution in [3.63, 3.8) is 0 Å². The van der Waals surface area contributed by atoms with E-state index in [-0.39, 0.29) is 17.9 Å². The van der Waals surface area contributed by atoms with E-state index in [0.717, 1.165) is 43.1 Å². The fraction of sp³-hybridized carbons (Fsp3) is 0.259. The van der Waals surface area contributed by atoms with Crippen LogP contribution in [-0.2, 0) is 4.79 Å². The van der Waals surface area contributed by atoms with Gasteiger partial charge in [-0.25, -0.2) is 0 Å². The van der Waals surface area contributed by atoms with Crippen molar-refractivity contribution < 1.29 is 14.3 Å². The molecule has 1 saturated heterocycles. The van der Waals surface area contributed by atoms with E-state index in [4.69, 9.17) is 4.74 Å². The molecule has 0 bridgehead atoms. The number of nitrogens with zero attached hydrogens (tertiary/aromatic N) is 2. The first-order valence-electron chi connectivity index (χ1n) is 11.2. The van der Waals surface area contributed by atoms with Crippen molar-refractivity contribution in [3.8, 4) is 5.75 Å². The summed E-state index contributed by atoms with van der Waals surface area (Å²) in [5.41, 5.74) is 2.33. The molecule has 1 aliphatic heterocycles. The number of hydrogen-bond acceptors (Lipinski definition) is 4. The average Bonchev–Trinajstić information content (AvgIpc) is 2.87. The van der Waals surface area contributed by atoms with Crippen molar-refractivity contribution in [2.24, 2.45) is 0 Å². The van der Waals surface area contributed by atoms with E-state index in [1.807, 2.05) is 60.7 Å². The molecule has 0 aromatic heterocycles. The van der Waals surface area contributed by atoms with Crippen molar-refractivity contribution in [2.75, 3.05) is 31.6 Å². The lowest BCUT2D eigenvalue weighted by Gasteiger charge is -2.33. The number of likely N-dealkylation sites (tertiary alicyclic amines) is 1. The van der Waals surface area contributed by atoms with Crippen molar-refractivity contribution in [2.45, 2.75) is 18.9 Å². The van der Waals surface area contributed by atoms with Crippen LogP contribution in [0.3, 0.4) is 0 Å². The van der Waals surface area contributed by atoms with Gasteiger partial charge in [-0.15, -0.1) is 0 Å². The molecule has 0 saturated carbocycles. The zero-order valence-corrected chi connectivity index (χ0v) is 18.8. The molecule has 0 aliphatic carbocycles. The Kier molecular flexibility index (Phi) is 7.37. The van der Waals surface area contributed by atoms with Crippen LogP contribution in [0.1, 0.15) is 23.2 Å². The molecule has 170 valence electrons. The number of rotatable bonds is 7. The maximum atomic E-state index is 13.3. The largest absolute Gasteiger partial charge is 0.497 e. The maximum Gasteiger partial charge on any atom is 0.251 e. The lowest BCUT2D eigenvalue weighted by atomic mass is 10.0. The fourth-order valence-electron chi connectivity index (χ4n) is 4.10. The Morgan fingerprint density at radius 1 is 0.879 bits per heavy atom. The van der Waals surface area contributed by atoms with Crippen molar-refractivity contribution in [3.05, 3.63) is 90.5 Å². The van der Waals surface area contributed by atoms with Gasteiger partial charge in [0.05, 0.1) is 13.7 Å². The summed E-state index contributed by atoms with van der Waals surface area (Å²) in [5, 5.41) is 3.12. The van der Waals surface area contributed by atoms with Gasteiger partial charge in [0, 0.05) is 36.1 Å². The summed E-state index contributed by atoms with van der Waals surface area (Å²) >= 11 is 0. The topological polar surface area (TPSA) is 61.9 Å². The summed E-state index contributed by atoms with van der Waals surface area (Å²) in [4.78, 5) is 29.8. The number of anilines is 2. The monoisotopic (exact) mass is 443 g/mol. The second-order valence-electron chi connectivity index (χ2n) is 8.15. The molecule has 1 fully saturated rings. The summed E-state index contributed by atoms with van der Waals surface area (Å²) in [7, 11) is 1.60. The molecular weight excluding hydrogens is 414 g/mol. The molecule has 2 amide bonds. The molecule has 0 radical (unpaired) electrons. The number of carbonyl (C=O) groups excluding carboxylic acids is 2. The van der Waals surface area contributed by atoms with Gasteiger partial charge in [-0.3, -0.25) is 19.4 Å². The van der Waals surface area contributed by atoms with Gasteiger partial charge in [0.25, 0.3) is 5.91 Å². The minimum atomic E-state index is -0.0773. The molecule has 0 spiro atoms. The van der Waals surface area contributed by atoms with E-state index in [0.29, 0.717) is 12.1 Å². The van der Waals surface area contributed by atoms with Crippen LogP contribution in [0.4, 0.5) is 11.4 Å². The normalized spacial score (nSPS) is 14.5. The van der Waals surface area contributed by atoms with Gasteiger partial charge < -0.3 is 10.1 Å². The first-order chi connectivity index (χ1) is 16.1. The average molecular weight is 444 g/mol. The number of para-hydroxylation sites is 2. The first kappa shape index (κ1) is 22.6. The molecule has 4 rings (SSSR count). The number of hydrogen-bond donors (Lipinski definition) is 1. The highest BCUT2D eigenvalue weighted by molar-refractivity contribution is 6.01. The third kappa shape index (κ3) is 5.79. The lowest BCUT2D eigenvalue weighted by Crippen LogP contribution is -2.47. The minimum absolute atomic E-state index is 0.0353. The second-order valence-corrected chi connectivity index (χ2v) is 8.15. The first-order valence-corrected chi connectivity index (χ1v) is 11.2. The number of nitrogens with one attached hydrogen (secondary N) is 1. The zero-order valence-electron chi connectivity index (χ0n) is 18.8. The van der Waals surface area contributed by atoms with E-state index < -0.39 is 0 Å². The van der Waals surface area contributed by atoms with Gasteiger partial charge in [0.1, 0.15) is 5.75 Å². The summed E-state index contributed by atoms with van der Waals surface area (Å²) in [6, 6.07) is 26.7. The van der Waals surface area contributed by atoms with Crippen molar-refractivity contribution in [1.29, 1.82) is 0 Å². The molecule has 33 heavy (non-hydrogen) atoms. The lowest BCUT2D eigenvalue weighted by molar-refractivity contribution is -0.119. The summed E-state index contributed by atoms with van der Waals surface area (Å²) in [6.07, 6.45) is 1.62. The fourth-order valence-corrected chi connectivity index (χ4v) is 4.10. The van der Waals surface area contributed by atoms with Crippen LogP contribution in [0.5, 0.6) is 5.75 Å². The van der Waals surface area contributed by atoms with Gasteiger partial charge in [-0.05, 0) is 61.4 Å². The maximum absolute atomic E-state index is 13.3. The SMILES string of the molecule is COc1ccc(C(=O)NC2CCN(CC(=O)N(c3ccccc3)c3ccccc3)CC2)cc1. The number of carbonyl (C=O) groups is 2. The highest BCUT2D eigenvalue weighted by Gasteiger charge is 2.25. The van der Waals surface area contributed by atoms with Crippen molar-refractivity contribution in [1.82, 2.24) is 10.2 Å². The Hall–Kier alpha value is -3.64. The molecular formula is C27H29N3O3. The van der Waals surface area contributed by atoms with Crippen LogP contribution in [0, 0.1) is 0 Å². The van der Waals surface area contributed by atoms with Crippen LogP contribution < -0.4 is 15.0 Å². The summed E-state index contributed by atoms with van der Waals surface area (Å²) in [6.45, 7) is 1.86. The quantitative estimate of drug-likeness (QED) is 0.593. The third-order valence-electron chi connectivity index (χ3n) is 5.91. The smallest absolute Gasteiger partial charge is 0.251 e. The molecule has 3 aromatic carbocycles. The Morgan fingerprint density at radius 3 is 1.94 bits per heavy atom. The van der Waals surface area contributed by atoms with Gasteiger partial charge >= 0.3 is 0 Å². The van der Waals surface area contributed by atoms with E-state index >= 15 is 0 Å². The van der Waals surface area contributed by atoms with E-state index in [1.54, 1.807) is 36.3 Å². The molecule has 1 heterocycles. The van der Waals surface area contributed by atoms with Gasteiger partial charge in [0.2, 0.25) is 5.91 Å². The highest BCUT2D eigenvalue weighted by Crippen LogP contribution is 2.25. The predicted octanol–water partition coefficient (Wildman–Crippen LogP) is 4.25. The minimum Gasteiger partial charge on any atom is -0.497 e. The standard InChI is InChI=1S/C27H29N3O3/c1-33-25-14-12-21(13-15-25)27(32)28-22-16-18-29(19-17-22)20-26(31)30(23-8-4-2-5-9-23)24-10-6-3-7-11-24/h2-15,22H,16-20H2,1H3,(H,28,32). The van der Waals surface area contributed by atoms with Gasteiger partial charge in [-0.2, -0.15) is 0 Å². The Bertz CT molecular complexity index is 1010. The molecule has 1 aliphatic rings. The van der Waals surface area contributed by atoms with Crippen LogP contribution >= 0.6 is 0 Å². The number of benzene rings is 3. The van der Waals surface area contributed by atoms with Crippen LogP contribution in [0.2, 0.25) is 0 Å². The number of methoxy groups -OCH3 is 1. The number of ether oxygens (including phenoxy) is 1. The van der Waals surface area contributed by atoms with Gasteiger partial charge in [0.15, 0.2) is 0 Å². The molecule has 6 heteroatoms. The summed E-state index contributed by atoms with van der Waals surface area (Å²) < 4.78 is 5.15. The highest BCUT2D eigenvalue weighted by atomic mass is 16.5. The third-order valence-corrected chi connectivity index (χ3v) is 5.91. The van der Waals surface area contributed by atoms with Crippen molar-refractivity contribution >= 4 is 23.2 Å². The van der Waals surface area contributed by atoms with Crippen LogP contribution in [-0.4, -0.2) is 49.5 Å². The number of amides is 2. The second kappa shape index (κ2) is 10.8. The van der Waals surface area contributed by atoms with E-state index in [9.17, 15) is 9.59 Å². The number of piperidine rings is 1. The Labute approximate surface area is 194 Å². The summed E-state index contributed by atoms with van der Waals surface area (Å²) in [5.74, 6) is 0.684. The van der Waals surface area contributed by atoms with Crippen LogP contribution in [0.15, 0.2) is 84.9 Å². The molecule has 0 unspecified atom stereocenters. The van der Waals surface area contributed by atoms with Crippen LogP contribution in [0.25, 0.3) is 0 Å². The molecule has 1 N–H and O–H groups in total. The Balaban J connectivity index is 1.33. The zero-order chi connectivity index (χ0) is 23.0.